The second-order valence-corrected chi connectivity index (χ2v) is 7.12. The van der Waals surface area contributed by atoms with E-state index < -0.39 is 0 Å². The van der Waals surface area contributed by atoms with E-state index in [2.05, 4.69) is 5.32 Å². The van der Waals surface area contributed by atoms with Gasteiger partial charge in [-0.3, -0.25) is 14.5 Å². The number of rotatable bonds is 7. The summed E-state index contributed by atoms with van der Waals surface area (Å²) in [6.45, 7) is 0.640. The smallest absolute Gasteiger partial charge is 0.327 e. The van der Waals surface area contributed by atoms with Crippen molar-refractivity contribution in [1.29, 1.82) is 0 Å². The second kappa shape index (κ2) is 7.32. The molecule has 3 aliphatic rings. The molecule has 0 aromatic rings. The molecular weight excluding hydrogens is 294 g/mol. The van der Waals surface area contributed by atoms with E-state index >= 15 is 0 Å². The summed E-state index contributed by atoms with van der Waals surface area (Å²) >= 11 is 0. The molecule has 0 radical (unpaired) electrons. The van der Waals surface area contributed by atoms with Crippen LogP contribution in [0.5, 0.6) is 0 Å². The number of carbonyl (C=O) groups excluding carboxylic acids is 3. The van der Waals surface area contributed by atoms with Gasteiger partial charge in [-0.05, 0) is 31.6 Å². The molecule has 1 heterocycles. The maximum absolute atomic E-state index is 12.1. The Kier molecular flexibility index (Phi) is 5.18. The molecule has 128 valence electrons. The lowest BCUT2D eigenvalue weighted by atomic mass is 9.86. The highest BCUT2D eigenvalue weighted by molar-refractivity contribution is 6.04. The lowest BCUT2D eigenvalue weighted by Gasteiger charge is -2.21. The van der Waals surface area contributed by atoms with E-state index in [0.29, 0.717) is 6.54 Å². The summed E-state index contributed by atoms with van der Waals surface area (Å²) in [6.07, 6.45) is 10.8. The highest BCUT2D eigenvalue weighted by atomic mass is 16.2. The molecule has 0 bridgehead atoms. The molecule has 0 unspecified atom stereocenters. The number of urea groups is 1. The minimum atomic E-state index is -0.296. The van der Waals surface area contributed by atoms with Gasteiger partial charge in [0.1, 0.15) is 13.1 Å². The molecule has 3 rings (SSSR count). The molecule has 6 heteroatoms. The van der Waals surface area contributed by atoms with E-state index in [4.69, 9.17) is 0 Å². The molecule has 0 aromatic heterocycles. The number of hydrogen-bond donors (Lipinski definition) is 1. The monoisotopic (exact) mass is 321 g/mol. The van der Waals surface area contributed by atoms with Crippen molar-refractivity contribution < 1.29 is 14.4 Å². The molecule has 4 amide bonds. The van der Waals surface area contributed by atoms with Gasteiger partial charge in [0.25, 0.3) is 5.91 Å². The van der Waals surface area contributed by atoms with Crippen molar-refractivity contribution in [2.24, 2.45) is 5.92 Å². The quantitative estimate of drug-likeness (QED) is 0.575. The lowest BCUT2D eigenvalue weighted by Crippen LogP contribution is -2.42. The van der Waals surface area contributed by atoms with Crippen LogP contribution in [0.3, 0.4) is 0 Å². The maximum Gasteiger partial charge on any atom is 0.327 e. The van der Waals surface area contributed by atoms with Crippen LogP contribution in [0, 0.1) is 5.92 Å². The van der Waals surface area contributed by atoms with Crippen molar-refractivity contribution in [3.05, 3.63) is 0 Å². The molecule has 0 atom stereocenters. The summed E-state index contributed by atoms with van der Waals surface area (Å²) in [5.41, 5.74) is 0. The van der Waals surface area contributed by atoms with E-state index in [1.165, 1.54) is 32.1 Å². The molecule has 0 spiro atoms. The minimum Gasteiger partial charge on any atom is -0.355 e. The summed E-state index contributed by atoms with van der Waals surface area (Å²) < 4.78 is 0. The Morgan fingerprint density at radius 3 is 2.52 bits per heavy atom. The number of nitrogens with one attached hydrogen (secondary N) is 1. The van der Waals surface area contributed by atoms with Gasteiger partial charge in [0.2, 0.25) is 5.91 Å². The Morgan fingerprint density at radius 2 is 1.83 bits per heavy atom. The fourth-order valence-corrected chi connectivity index (χ4v) is 3.68. The first-order valence-corrected chi connectivity index (χ1v) is 9.03. The first-order chi connectivity index (χ1) is 11.1. The molecule has 1 aliphatic heterocycles. The predicted molar refractivity (Wildman–Crippen MR) is 85.7 cm³/mol. The van der Waals surface area contributed by atoms with Crippen LogP contribution in [0.15, 0.2) is 0 Å². The number of amides is 4. The van der Waals surface area contributed by atoms with Gasteiger partial charge in [0, 0.05) is 12.6 Å². The number of nitrogens with zero attached hydrogens (tertiary/aromatic N) is 2. The van der Waals surface area contributed by atoms with Gasteiger partial charge >= 0.3 is 6.03 Å². The summed E-state index contributed by atoms with van der Waals surface area (Å²) in [6, 6.07) is -0.0788. The molecular formula is C17H27N3O3. The molecule has 1 N–H and O–H groups in total. The van der Waals surface area contributed by atoms with E-state index in [0.717, 1.165) is 36.5 Å². The number of carbonyl (C=O) groups is 3. The van der Waals surface area contributed by atoms with Crippen LogP contribution in [0.1, 0.15) is 57.8 Å². The molecule has 1 saturated heterocycles. The Morgan fingerprint density at radius 1 is 1.09 bits per heavy atom. The lowest BCUT2D eigenvalue weighted by molar-refractivity contribution is -0.130. The van der Waals surface area contributed by atoms with Crippen molar-refractivity contribution in [3.8, 4) is 0 Å². The maximum atomic E-state index is 12.1. The van der Waals surface area contributed by atoms with Crippen LogP contribution in [-0.2, 0) is 9.59 Å². The standard InChI is InChI=1S/C17H27N3O3/c21-15(18-10-4-7-13-5-2-1-3-6-13)11-20-16(22)12-19(17(20)23)14-8-9-14/h13-14H,1-12H2,(H,18,21). The first kappa shape index (κ1) is 16.3. The van der Waals surface area contributed by atoms with Gasteiger partial charge in [-0.25, -0.2) is 4.79 Å². The minimum absolute atomic E-state index is 0.135. The molecule has 2 saturated carbocycles. The largest absolute Gasteiger partial charge is 0.355 e. The fraction of sp³-hybridized carbons (Fsp3) is 0.824. The number of imide groups is 1. The van der Waals surface area contributed by atoms with E-state index in [9.17, 15) is 14.4 Å². The van der Waals surface area contributed by atoms with E-state index in [1.807, 2.05) is 0 Å². The molecule has 2 aliphatic carbocycles. The summed E-state index contributed by atoms with van der Waals surface area (Å²) in [5.74, 6) is 0.335. The van der Waals surface area contributed by atoms with E-state index in [1.54, 1.807) is 4.90 Å². The van der Waals surface area contributed by atoms with Crippen LogP contribution >= 0.6 is 0 Å². The van der Waals surface area contributed by atoms with E-state index in [-0.39, 0.29) is 37.0 Å². The van der Waals surface area contributed by atoms with Crippen molar-refractivity contribution in [1.82, 2.24) is 15.1 Å². The van der Waals surface area contributed by atoms with Crippen LogP contribution in [0.25, 0.3) is 0 Å². The van der Waals surface area contributed by atoms with Crippen molar-refractivity contribution >= 4 is 17.8 Å². The Hall–Kier alpha value is -1.59. The summed E-state index contributed by atoms with van der Waals surface area (Å²) in [7, 11) is 0. The third kappa shape index (κ3) is 4.24. The predicted octanol–water partition coefficient (Wildman–Crippen LogP) is 1.89. The van der Waals surface area contributed by atoms with Crippen molar-refractivity contribution in [2.45, 2.75) is 63.8 Å². The van der Waals surface area contributed by atoms with Crippen molar-refractivity contribution in [2.75, 3.05) is 19.6 Å². The fourth-order valence-electron chi connectivity index (χ4n) is 3.68. The van der Waals surface area contributed by atoms with Crippen LogP contribution in [0.4, 0.5) is 4.79 Å². The highest BCUT2D eigenvalue weighted by Crippen LogP contribution is 2.30. The normalized spacial score (nSPS) is 22.8. The average molecular weight is 321 g/mol. The third-order valence-electron chi connectivity index (χ3n) is 5.21. The first-order valence-electron chi connectivity index (χ1n) is 9.03. The van der Waals surface area contributed by atoms with Crippen LogP contribution in [-0.4, -0.2) is 53.3 Å². The zero-order valence-corrected chi connectivity index (χ0v) is 13.8. The Bertz CT molecular complexity index is 470. The average Bonchev–Trinajstić information content (AvgIpc) is 3.35. The van der Waals surface area contributed by atoms with Crippen LogP contribution in [0.2, 0.25) is 0 Å². The molecule has 0 aromatic carbocycles. The van der Waals surface area contributed by atoms with Gasteiger partial charge in [-0.1, -0.05) is 32.1 Å². The third-order valence-corrected chi connectivity index (χ3v) is 5.21. The zero-order valence-electron chi connectivity index (χ0n) is 13.8. The van der Waals surface area contributed by atoms with Gasteiger partial charge in [0.05, 0.1) is 0 Å². The van der Waals surface area contributed by atoms with Gasteiger partial charge < -0.3 is 10.2 Å². The van der Waals surface area contributed by atoms with Gasteiger partial charge in [-0.15, -0.1) is 0 Å². The Balaban J connectivity index is 1.34. The summed E-state index contributed by atoms with van der Waals surface area (Å²) in [4.78, 5) is 38.6. The number of hydrogen-bond acceptors (Lipinski definition) is 3. The zero-order chi connectivity index (χ0) is 16.2. The van der Waals surface area contributed by atoms with Gasteiger partial charge in [0.15, 0.2) is 0 Å². The van der Waals surface area contributed by atoms with Crippen LogP contribution < -0.4 is 5.32 Å². The van der Waals surface area contributed by atoms with Gasteiger partial charge in [-0.2, -0.15) is 0 Å². The SMILES string of the molecule is O=C(CN1C(=O)CN(C2CC2)C1=O)NCCCC1CCCCC1. The molecule has 6 nitrogen and oxygen atoms in total. The molecule has 3 fully saturated rings. The summed E-state index contributed by atoms with van der Waals surface area (Å²) in [5, 5.41) is 2.85. The molecule has 23 heavy (non-hydrogen) atoms. The highest BCUT2D eigenvalue weighted by Gasteiger charge is 2.44. The van der Waals surface area contributed by atoms with Crippen molar-refractivity contribution in [3.63, 3.8) is 0 Å². The second-order valence-electron chi connectivity index (χ2n) is 7.12. The Labute approximate surface area is 137 Å². The topological polar surface area (TPSA) is 69.7 Å².